The Hall–Kier alpha value is -2.74. The molecule has 0 atom stereocenters. The van der Waals surface area contributed by atoms with Crippen LogP contribution < -0.4 is 10.3 Å². The third kappa shape index (κ3) is 4.06. The second-order valence-corrected chi connectivity index (χ2v) is 8.26. The fourth-order valence-corrected chi connectivity index (χ4v) is 3.53. The summed E-state index contributed by atoms with van der Waals surface area (Å²) in [6.07, 6.45) is 0. The maximum absolute atomic E-state index is 13.0. The van der Waals surface area contributed by atoms with Gasteiger partial charge in [-0.15, -0.1) is 11.3 Å². The van der Waals surface area contributed by atoms with E-state index in [1.807, 2.05) is 6.92 Å². The molecule has 28 heavy (non-hydrogen) atoms. The van der Waals surface area contributed by atoms with E-state index >= 15 is 0 Å². The van der Waals surface area contributed by atoms with E-state index in [1.165, 1.54) is 16.0 Å². The van der Waals surface area contributed by atoms with E-state index in [1.54, 1.807) is 50.4 Å². The zero-order chi connectivity index (χ0) is 20.5. The van der Waals surface area contributed by atoms with Gasteiger partial charge >= 0.3 is 5.97 Å². The van der Waals surface area contributed by atoms with Gasteiger partial charge in [0.25, 0.3) is 5.56 Å². The number of rotatable bonds is 5. The first-order chi connectivity index (χ1) is 13.2. The van der Waals surface area contributed by atoms with Crippen molar-refractivity contribution >= 4 is 28.1 Å². The van der Waals surface area contributed by atoms with E-state index in [0.29, 0.717) is 22.2 Å². The molecule has 0 spiro atoms. The third-order valence-corrected chi connectivity index (χ3v) is 4.77. The Morgan fingerprint density at radius 1 is 1.25 bits per heavy atom. The molecule has 2 heterocycles. The van der Waals surface area contributed by atoms with Crippen LogP contribution in [0, 0.1) is 6.92 Å². The minimum atomic E-state index is -0.688. The summed E-state index contributed by atoms with van der Waals surface area (Å²) >= 11 is 1.38. The Kier molecular flexibility index (Phi) is 5.51. The minimum Gasteiger partial charge on any atom is -0.491 e. The monoisotopic (exact) mass is 404 g/mol. The summed E-state index contributed by atoms with van der Waals surface area (Å²) in [6.45, 7) is 6.51. The summed E-state index contributed by atoms with van der Waals surface area (Å²) < 4.78 is 24.1. The first-order valence-electron chi connectivity index (χ1n) is 8.75. The van der Waals surface area contributed by atoms with Crippen molar-refractivity contribution in [2.45, 2.75) is 33.3 Å². The largest absolute Gasteiger partial charge is 0.491 e. The Bertz CT molecular complexity index is 1060. The Morgan fingerprint density at radius 2 is 1.93 bits per heavy atom. The first-order valence-corrected chi connectivity index (χ1v) is 9.63. The number of halogens is 1. The molecule has 0 saturated heterocycles. The van der Waals surface area contributed by atoms with E-state index in [4.69, 9.17) is 9.47 Å². The van der Waals surface area contributed by atoms with E-state index < -0.39 is 18.2 Å². The van der Waals surface area contributed by atoms with Crippen LogP contribution in [0.2, 0.25) is 0 Å². The van der Waals surface area contributed by atoms with Crippen molar-refractivity contribution in [3.05, 3.63) is 50.6 Å². The molecule has 3 rings (SSSR count). The number of aryl methyl sites for hydroxylation is 1. The molecule has 0 bridgehead atoms. The van der Waals surface area contributed by atoms with Crippen molar-refractivity contribution in [3.8, 4) is 11.4 Å². The number of carbonyl (C=O) groups is 1. The van der Waals surface area contributed by atoms with Crippen molar-refractivity contribution in [3.63, 3.8) is 0 Å². The Balaban J connectivity index is 2.13. The number of alkyl halides is 1. The SMILES string of the molecule is Cc1scc2c(C(=O)OC(C)(C)C)nn(-c3ccc(OCCF)cc3)c(=O)c12. The van der Waals surface area contributed by atoms with Gasteiger partial charge in [0.05, 0.1) is 11.1 Å². The lowest BCUT2D eigenvalue weighted by atomic mass is 10.1. The number of hydrogen-bond acceptors (Lipinski definition) is 6. The molecule has 0 fully saturated rings. The number of esters is 1. The molecule has 0 aliphatic rings. The number of benzene rings is 1. The van der Waals surface area contributed by atoms with Crippen molar-refractivity contribution in [2.24, 2.45) is 0 Å². The van der Waals surface area contributed by atoms with Crippen LogP contribution in [0.4, 0.5) is 4.39 Å². The zero-order valence-electron chi connectivity index (χ0n) is 16.1. The van der Waals surface area contributed by atoms with Gasteiger partial charge in [0.1, 0.15) is 24.6 Å². The predicted octanol–water partition coefficient (Wildman–Crippen LogP) is 4.06. The molecule has 0 amide bonds. The van der Waals surface area contributed by atoms with E-state index in [-0.39, 0.29) is 17.9 Å². The van der Waals surface area contributed by atoms with Crippen LogP contribution in [-0.4, -0.2) is 34.6 Å². The average molecular weight is 404 g/mol. The summed E-state index contributed by atoms with van der Waals surface area (Å²) in [5.74, 6) is -0.110. The number of hydrogen-bond donors (Lipinski definition) is 0. The van der Waals surface area contributed by atoms with Crippen LogP contribution in [-0.2, 0) is 4.74 Å². The van der Waals surface area contributed by atoms with Crippen LogP contribution in [0.5, 0.6) is 5.75 Å². The molecule has 1 aromatic carbocycles. The van der Waals surface area contributed by atoms with Crippen LogP contribution in [0.1, 0.15) is 36.1 Å². The van der Waals surface area contributed by atoms with Crippen molar-refractivity contribution in [1.82, 2.24) is 9.78 Å². The third-order valence-electron chi connectivity index (χ3n) is 3.86. The number of fused-ring (bicyclic) bond motifs is 1. The summed E-state index contributed by atoms with van der Waals surface area (Å²) in [4.78, 5) is 26.5. The standard InChI is InChI=1S/C20H21FN2O4S/c1-12-16-15(11-28-12)17(19(25)27-20(2,3)4)22-23(18(16)24)13-5-7-14(8-6-13)26-10-9-21/h5-8,11H,9-10H2,1-4H3. The number of nitrogens with zero attached hydrogens (tertiary/aromatic N) is 2. The molecular formula is C20H21FN2O4S. The normalized spacial score (nSPS) is 11.6. The summed E-state index contributed by atoms with van der Waals surface area (Å²) in [7, 11) is 0. The number of aromatic nitrogens is 2. The fraction of sp³-hybridized carbons (Fsp3) is 0.350. The van der Waals surface area contributed by atoms with Gasteiger partial charge in [-0.1, -0.05) is 0 Å². The Labute approximate surface area is 165 Å². The smallest absolute Gasteiger partial charge is 0.360 e. The molecule has 0 aliphatic heterocycles. The van der Waals surface area contributed by atoms with Gasteiger partial charge in [-0.2, -0.15) is 9.78 Å². The van der Waals surface area contributed by atoms with Gasteiger partial charge in [-0.3, -0.25) is 4.79 Å². The molecule has 2 aromatic heterocycles. The van der Waals surface area contributed by atoms with Crippen LogP contribution in [0.25, 0.3) is 16.5 Å². The summed E-state index contributed by atoms with van der Waals surface area (Å²) in [5.41, 5.74) is -0.452. The van der Waals surface area contributed by atoms with E-state index in [0.717, 1.165) is 4.88 Å². The van der Waals surface area contributed by atoms with Crippen LogP contribution >= 0.6 is 11.3 Å². The lowest BCUT2D eigenvalue weighted by molar-refractivity contribution is 0.00634. The quantitative estimate of drug-likeness (QED) is 0.600. The maximum atomic E-state index is 13.0. The lowest BCUT2D eigenvalue weighted by Crippen LogP contribution is -2.28. The first kappa shape index (κ1) is 20.0. The molecular weight excluding hydrogens is 383 g/mol. The molecule has 8 heteroatoms. The molecule has 6 nitrogen and oxygen atoms in total. The average Bonchev–Trinajstić information content (AvgIpc) is 3.01. The highest BCUT2D eigenvalue weighted by atomic mass is 32.1. The highest BCUT2D eigenvalue weighted by Gasteiger charge is 2.25. The molecule has 3 aromatic rings. The van der Waals surface area contributed by atoms with Gasteiger partial charge in [0.2, 0.25) is 0 Å². The van der Waals surface area contributed by atoms with Gasteiger partial charge in [-0.25, -0.2) is 9.18 Å². The fourth-order valence-electron chi connectivity index (χ4n) is 2.69. The molecule has 148 valence electrons. The van der Waals surface area contributed by atoms with Crippen molar-refractivity contribution < 1.29 is 18.7 Å². The van der Waals surface area contributed by atoms with Gasteiger partial charge < -0.3 is 9.47 Å². The molecule has 0 unspecified atom stereocenters. The van der Waals surface area contributed by atoms with Crippen LogP contribution in [0.15, 0.2) is 34.4 Å². The van der Waals surface area contributed by atoms with E-state index in [2.05, 4.69) is 5.10 Å². The van der Waals surface area contributed by atoms with Crippen LogP contribution in [0.3, 0.4) is 0 Å². The van der Waals surface area contributed by atoms with Gasteiger partial charge in [-0.05, 0) is 52.0 Å². The molecule has 0 radical (unpaired) electrons. The highest BCUT2D eigenvalue weighted by Crippen LogP contribution is 2.26. The number of thiophene rings is 1. The predicted molar refractivity (Wildman–Crippen MR) is 107 cm³/mol. The second-order valence-electron chi connectivity index (χ2n) is 7.18. The van der Waals surface area contributed by atoms with Gasteiger partial charge in [0.15, 0.2) is 5.69 Å². The molecule has 0 aliphatic carbocycles. The highest BCUT2D eigenvalue weighted by molar-refractivity contribution is 7.11. The van der Waals surface area contributed by atoms with Crippen molar-refractivity contribution in [2.75, 3.05) is 13.3 Å². The molecule has 0 N–H and O–H groups in total. The zero-order valence-corrected chi connectivity index (χ0v) is 16.9. The van der Waals surface area contributed by atoms with E-state index in [9.17, 15) is 14.0 Å². The second kappa shape index (κ2) is 7.71. The van der Waals surface area contributed by atoms with Gasteiger partial charge in [0, 0.05) is 15.6 Å². The number of ether oxygens (including phenoxy) is 2. The summed E-state index contributed by atoms with van der Waals surface area (Å²) in [5, 5.41) is 6.97. The summed E-state index contributed by atoms with van der Waals surface area (Å²) in [6, 6.07) is 6.51. The lowest BCUT2D eigenvalue weighted by Gasteiger charge is -2.19. The number of carbonyl (C=O) groups excluding carboxylic acids is 1. The topological polar surface area (TPSA) is 70.4 Å². The van der Waals surface area contributed by atoms with Crippen molar-refractivity contribution in [1.29, 1.82) is 0 Å². The Morgan fingerprint density at radius 3 is 2.54 bits per heavy atom. The minimum absolute atomic E-state index is 0.0413. The molecule has 0 saturated carbocycles. The maximum Gasteiger partial charge on any atom is 0.360 e.